The normalized spacial score (nSPS) is 11.6. The van der Waals surface area contributed by atoms with Gasteiger partial charge in [0, 0.05) is 76.1 Å². The summed E-state index contributed by atoms with van der Waals surface area (Å²) in [6.07, 6.45) is 0. The maximum absolute atomic E-state index is 2.46. The predicted octanol–water partition coefficient (Wildman–Crippen LogP) is 19.7. The molecule has 4 heteroatoms. The lowest BCUT2D eigenvalue weighted by Gasteiger charge is -2.26. The SMILES string of the molecule is c1ccc(-c2ccc(N(c3ccc(-c4ccc(N(c5ccccc5)c5ccc6c(c5)c5ccc7ccccc7c5n6-c5ccc6ccccc6c5)cc4)cc3)c3ccc4c(c3)sc3ccccc34)cc2)cc1. The van der Waals surface area contributed by atoms with Gasteiger partial charge in [0.1, 0.15) is 0 Å². The van der Waals surface area contributed by atoms with E-state index in [0.717, 1.165) is 50.9 Å². The Bertz CT molecular complexity index is 4310. The zero-order valence-electron chi connectivity index (χ0n) is 39.2. The van der Waals surface area contributed by atoms with Crippen LogP contribution in [0, 0.1) is 0 Å². The Kier molecular flexibility index (Phi) is 10.0. The van der Waals surface area contributed by atoms with Crippen LogP contribution in [0.4, 0.5) is 34.1 Å². The smallest absolute Gasteiger partial charge is 0.0619 e. The van der Waals surface area contributed by atoms with Gasteiger partial charge in [-0.3, -0.25) is 0 Å². The molecule has 0 aliphatic heterocycles. The summed E-state index contributed by atoms with van der Waals surface area (Å²) >= 11 is 1.85. The van der Waals surface area contributed by atoms with Crippen molar-refractivity contribution in [3.8, 4) is 27.9 Å². The van der Waals surface area contributed by atoms with Crippen LogP contribution in [0.25, 0.3) is 91.5 Å². The Morgan fingerprint density at radius 1 is 0.264 bits per heavy atom. The fraction of sp³-hybridized carbons (Fsp3) is 0. The van der Waals surface area contributed by atoms with Crippen molar-refractivity contribution in [3.63, 3.8) is 0 Å². The lowest BCUT2D eigenvalue weighted by atomic mass is 10.0. The van der Waals surface area contributed by atoms with Gasteiger partial charge in [0.25, 0.3) is 0 Å². The molecular weight excluding hydrogens is 891 g/mol. The summed E-state index contributed by atoms with van der Waals surface area (Å²) in [6, 6.07) is 99.6. The molecule has 0 radical (unpaired) electrons. The fourth-order valence-electron chi connectivity index (χ4n) is 10.9. The summed E-state index contributed by atoms with van der Waals surface area (Å²) < 4.78 is 5.05. The van der Waals surface area contributed by atoms with Crippen molar-refractivity contribution in [2.24, 2.45) is 0 Å². The molecular formula is C68H45N3S. The average Bonchev–Trinajstić information content (AvgIpc) is 4.00. The first-order valence-corrected chi connectivity index (χ1v) is 25.4. The van der Waals surface area contributed by atoms with E-state index in [1.54, 1.807) is 0 Å². The number of thiophene rings is 1. The van der Waals surface area contributed by atoms with Crippen molar-refractivity contribution in [1.82, 2.24) is 4.57 Å². The molecule has 0 saturated carbocycles. The minimum Gasteiger partial charge on any atom is -0.310 e. The van der Waals surface area contributed by atoms with E-state index in [0.29, 0.717) is 0 Å². The number of nitrogens with zero attached hydrogens (tertiary/aromatic N) is 3. The third kappa shape index (κ3) is 7.19. The van der Waals surface area contributed by atoms with Gasteiger partial charge >= 0.3 is 0 Å². The summed E-state index contributed by atoms with van der Waals surface area (Å²) in [4.78, 5) is 4.75. The van der Waals surface area contributed by atoms with Crippen LogP contribution >= 0.6 is 11.3 Å². The van der Waals surface area contributed by atoms with Gasteiger partial charge in [-0.1, -0.05) is 176 Å². The molecule has 3 nitrogen and oxygen atoms in total. The van der Waals surface area contributed by atoms with Crippen LogP contribution in [-0.2, 0) is 0 Å². The van der Waals surface area contributed by atoms with Crippen molar-refractivity contribution < 1.29 is 0 Å². The summed E-state index contributed by atoms with van der Waals surface area (Å²) in [5, 5.41) is 9.97. The molecule has 0 saturated heterocycles. The number of rotatable bonds is 9. The Balaban J connectivity index is 0.835. The van der Waals surface area contributed by atoms with E-state index in [2.05, 4.69) is 287 Å². The first-order valence-electron chi connectivity index (χ1n) is 24.6. The van der Waals surface area contributed by atoms with E-state index < -0.39 is 0 Å². The number of benzene rings is 12. The number of aromatic nitrogens is 1. The molecule has 0 bridgehead atoms. The van der Waals surface area contributed by atoms with Crippen LogP contribution in [0.3, 0.4) is 0 Å². The van der Waals surface area contributed by atoms with Gasteiger partial charge in [0.2, 0.25) is 0 Å². The highest BCUT2D eigenvalue weighted by Gasteiger charge is 2.20. The molecule has 72 heavy (non-hydrogen) atoms. The van der Waals surface area contributed by atoms with Gasteiger partial charge in [-0.15, -0.1) is 11.3 Å². The number of hydrogen-bond donors (Lipinski definition) is 0. The number of anilines is 6. The number of hydrogen-bond acceptors (Lipinski definition) is 3. The molecule has 0 aliphatic rings. The zero-order chi connectivity index (χ0) is 47.5. The van der Waals surface area contributed by atoms with Gasteiger partial charge in [0.05, 0.1) is 11.0 Å². The van der Waals surface area contributed by atoms with E-state index in [4.69, 9.17) is 0 Å². The molecule has 14 aromatic rings. The lowest BCUT2D eigenvalue weighted by Crippen LogP contribution is -2.10. The van der Waals surface area contributed by atoms with Crippen molar-refractivity contribution in [3.05, 3.63) is 273 Å². The van der Waals surface area contributed by atoms with Crippen LogP contribution in [-0.4, -0.2) is 4.57 Å². The molecule has 338 valence electrons. The summed E-state index contributed by atoms with van der Waals surface area (Å²) in [5.74, 6) is 0. The second-order valence-electron chi connectivity index (χ2n) is 18.5. The van der Waals surface area contributed by atoms with Gasteiger partial charge in [0.15, 0.2) is 0 Å². The highest BCUT2D eigenvalue weighted by atomic mass is 32.1. The highest BCUT2D eigenvalue weighted by molar-refractivity contribution is 7.25. The zero-order valence-corrected chi connectivity index (χ0v) is 40.0. The molecule has 2 heterocycles. The first-order chi connectivity index (χ1) is 35.7. The van der Waals surface area contributed by atoms with Crippen molar-refractivity contribution in [2.75, 3.05) is 9.80 Å². The highest BCUT2D eigenvalue weighted by Crippen LogP contribution is 2.44. The molecule has 2 aromatic heterocycles. The molecule has 0 atom stereocenters. The second-order valence-corrected chi connectivity index (χ2v) is 19.6. The Morgan fingerprint density at radius 2 is 0.736 bits per heavy atom. The fourth-order valence-corrected chi connectivity index (χ4v) is 12.0. The molecule has 14 rings (SSSR count). The maximum atomic E-state index is 2.46. The topological polar surface area (TPSA) is 11.4 Å². The van der Waals surface area contributed by atoms with Crippen molar-refractivity contribution in [1.29, 1.82) is 0 Å². The van der Waals surface area contributed by atoms with Gasteiger partial charge < -0.3 is 14.4 Å². The summed E-state index contributed by atoms with van der Waals surface area (Å²) in [6.45, 7) is 0. The predicted molar refractivity (Wildman–Crippen MR) is 309 cm³/mol. The maximum Gasteiger partial charge on any atom is 0.0619 e. The lowest BCUT2D eigenvalue weighted by molar-refractivity contribution is 1.19. The Labute approximate surface area is 422 Å². The van der Waals surface area contributed by atoms with Crippen LogP contribution in [0.2, 0.25) is 0 Å². The van der Waals surface area contributed by atoms with Crippen molar-refractivity contribution in [2.45, 2.75) is 0 Å². The largest absolute Gasteiger partial charge is 0.310 e. The van der Waals surface area contributed by atoms with Gasteiger partial charge in [-0.25, -0.2) is 0 Å². The molecule has 0 aliphatic carbocycles. The molecule has 12 aromatic carbocycles. The van der Waals surface area contributed by atoms with Gasteiger partial charge in [-0.2, -0.15) is 0 Å². The first kappa shape index (κ1) is 41.7. The van der Waals surface area contributed by atoms with Crippen LogP contribution in [0.1, 0.15) is 0 Å². The van der Waals surface area contributed by atoms with Crippen LogP contribution < -0.4 is 9.80 Å². The Morgan fingerprint density at radius 3 is 1.42 bits per heavy atom. The molecule has 0 amide bonds. The molecule has 0 spiro atoms. The van der Waals surface area contributed by atoms with Crippen LogP contribution in [0.5, 0.6) is 0 Å². The van der Waals surface area contributed by atoms with Crippen molar-refractivity contribution >= 4 is 109 Å². The summed E-state index contributed by atoms with van der Waals surface area (Å²) in [7, 11) is 0. The van der Waals surface area contributed by atoms with E-state index >= 15 is 0 Å². The Hall–Kier alpha value is -9.22. The second kappa shape index (κ2) is 17.3. The standard InChI is InChI=1S/C68H45N3S/c1-3-13-46(14-4-1)48-23-31-55(32-24-48)70(59-38-41-62-61-21-11-12-22-66(61)72-67(62)45-59)56-35-27-50(28-36-56)49-25-33-54(34-26-49)69(53-18-5-2-6-19-53)58-39-42-65-64(44-58)63-40-30-51-16-9-10-20-60(51)68(63)71(65)57-37-29-47-15-7-8-17-52(47)43-57/h1-45H. The van der Waals surface area contributed by atoms with Gasteiger partial charge in [-0.05, 0) is 135 Å². The minimum atomic E-state index is 1.09. The number of para-hydroxylation sites is 1. The summed E-state index contributed by atoms with van der Waals surface area (Å²) in [5.41, 5.74) is 14.9. The average molecular weight is 936 g/mol. The molecule has 0 unspecified atom stereocenters. The third-order valence-corrected chi connectivity index (χ3v) is 15.5. The van der Waals surface area contributed by atoms with E-state index in [9.17, 15) is 0 Å². The third-order valence-electron chi connectivity index (χ3n) is 14.3. The minimum absolute atomic E-state index is 1.09. The van der Waals surface area contributed by atoms with E-state index in [-0.39, 0.29) is 0 Å². The van der Waals surface area contributed by atoms with Crippen LogP contribution in [0.15, 0.2) is 273 Å². The monoisotopic (exact) mass is 935 g/mol. The van der Waals surface area contributed by atoms with E-state index in [1.165, 1.54) is 74.6 Å². The number of fused-ring (bicyclic) bond motifs is 9. The molecule has 0 N–H and O–H groups in total. The molecule has 0 fully saturated rings. The van der Waals surface area contributed by atoms with E-state index in [1.807, 2.05) is 11.3 Å². The quantitative estimate of drug-likeness (QED) is 0.143.